The number of nitrogen functional groups attached to an aromatic ring is 1. The van der Waals surface area contributed by atoms with Gasteiger partial charge in [-0.3, -0.25) is 9.59 Å². The van der Waals surface area contributed by atoms with Gasteiger partial charge in [-0.15, -0.1) is 11.3 Å². The summed E-state index contributed by atoms with van der Waals surface area (Å²) in [4.78, 5) is 27.7. The van der Waals surface area contributed by atoms with Crippen molar-refractivity contribution < 1.29 is 4.79 Å². The van der Waals surface area contributed by atoms with Crippen molar-refractivity contribution in [2.75, 3.05) is 11.1 Å². The fourth-order valence-electron chi connectivity index (χ4n) is 2.33. The van der Waals surface area contributed by atoms with Gasteiger partial charge in [-0.2, -0.15) is 0 Å². The highest BCUT2D eigenvalue weighted by Gasteiger charge is 2.18. The van der Waals surface area contributed by atoms with Crippen LogP contribution in [0.25, 0.3) is 10.2 Å². The molecule has 0 aliphatic rings. The number of thiophene rings is 1. The number of carbonyl (C=O) groups is 1. The molecular weight excluding hydrogens is 298 g/mol. The van der Waals surface area contributed by atoms with Gasteiger partial charge in [-0.05, 0) is 31.5 Å². The molecule has 5 nitrogen and oxygen atoms in total. The lowest BCUT2D eigenvalue weighted by Gasteiger charge is -2.04. The molecule has 2 heterocycles. The first-order valence-corrected chi connectivity index (χ1v) is 7.57. The minimum Gasteiger partial charge on any atom is -0.397 e. The van der Waals surface area contributed by atoms with Crippen LogP contribution in [0.5, 0.6) is 0 Å². The summed E-state index contributed by atoms with van der Waals surface area (Å²) in [5, 5.41) is 3.56. The number of fused-ring (bicyclic) bond motifs is 1. The zero-order valence-corrected chi connectivity index (χ0v) is 13.0. The monoisotopic (exact) mass is 313 g/mol. The summed E-state index contributed by atoms with van der Waals surface area (Å²) in [7, 11) is 0. The van der Waals surface area contributed by atoms with Crippen LogP contribution >= 0.6 is 11.3 Å². The number of hydrogen-bond acceptors (Lipinski definition) is 4. The highest BCUT2D eigenvalue weighted by atomic mass is 32.1. The Balaban J connectivity index is 2.01. The Morgan fingerprint density at radius 2 is 1.91 bits per heavy atom. The Labute approximate surface area is 130 Å². The second kappa shape index (κ2) is 5.31. The minimum atomic E-state index is -0.275. The molecule has 6 heteroatoms. The Morgan fingerprint density at radius 1 is 1.23 bits per heavy atom. The molecule has 0 aliphatic carbocycles. The molecule has 0 radical (unpaired) electrons. The van der Waals surface area contributed by atoms with Crippen molar-refractivity contribution >= 4 is 38.8 Å². The van der Waals surface area contributed by atoms with E-state index < -0.39 is 0 Å². The van der Waals surface area contributed by atoms with E-state index in [9.17, 15) is 9.59 Å². The van der Waals surface area contributed by atoms with Crippen molar-refractivity contribution in [3.63, 3.8) is 0 Å². The van der Waals surface area contributed by atoms with Crippen LogP contribution in [0.4, 0.5) is 11.4 Å². The number of pyridine rings is 1. The average molecular weight is 313 g/mol. The zero-order chi connectivity index (χ0) is 15.9. The van der Waals surface area contributed by atoms with Gasteiger partial charge in [0.2, 0.25) is 5.56 Å². The van der Waals surface area contributed by atoms with Crippen LogP contribution in [0.2, 0.25) is 0 Å². The predicted octanol–water partition coefficient (Wildman–Crippen LogP) is 3.04. The van der Waals surface area contributed by atoms with Gasteiger partial charge in [-0.25, -0.2) is 0 Å². The molecule has 3 rings (SSSR count). The third kappa shape index (κ3) is 2.48. The third-order valence-corrected chi connectivity index (χ3v) is 4.56. The van der Waals surface area contributed by atoms with Crippen molar-refractivity contribution in [2.24, 2.45) is 0 Å². The molecule has 0 saturated heterocycles. The van der Waals surface area contributed by atoms with Crippen LogP contribution in [0.1, 0.15) is 20.8 Å². The highest BCUT2D eigenvalue weighted by Crippen LogP contribution is 2.34. The van der Waals surface area contributed by atoms with E-state index in [1.165, 1.54) is 17.4 Å². The largest absolute Gasteiger partial charge is 0.397 e. The number of rotatable bonds is 2. The van der Waals surface area contributed by atoms with Crippen molar-refractivity contribution in [2.45, 2.75) is 13.8 Å². The molecule has 0 bridgehead atoms. The van der Waals surface area contributed by atoms with Gasteiger partial charge in [0.25, 0.3) is 5.91 Å². The standard InChI is InChI=1S/C16H15N3O2S/c1-8-3-5-10(6-4-8)18-15(21)14-13(17)12-9(2)7-11(20)19-16(12)22-14/h3-7H,17H2,1-2H3,(H,18,21)(H,19,20). The first-order chi connectivity index (χ1) is 10.5. The van der Waals surface area contributed by atoms with Gasteiger partial charge >= 0.3 is 0 Å². The van der Waals surface area contributed by atoms with Gasteiger partial charge in [0.1, 0.15) is 9.71 Å². The maximum absolute atomic E-state index is 12.4. The first kappa shape index (κ1) is 14.3. The lowest BCUT2D eigenvalue weighted by molar-refractivity contribution is 0.103. The van der Waals surface area contributed by atoms with Crippen molar-refractivity contribution in [3.8, 4) is 0 Å². The molecule has 2 aromatic heterocycles. The molecule has 0 atom stereocenters. The molecule has 0 saturated carbocycles. The van der Waals surface area contributed by atoms with Crippen molar-refractivity contribution in [1.29, 1.82) is 0 Å². The molecule has 0 aliphatic heterocycles. The van der Waals surface area contributed by atoms with Crippen LogP contribution < -0.4 is 16.6 Å². The predicted molar refractivity (Wildman–Crippen MR) is 90.7 cm³/mol. The topological polar surface area (TPSA) is 88.0 Å². The first-order valence-electron chi connectivity index (χ1n) is 6.75. The molecule has 0 fully saturated rings. The highest BCUT2D eigenvalue weighted by molar-refractivity contribution is 7.21. The van der Waals surface area contributed by atoms with Crippen LogP contribution in [-0.2, 0) is 0 Å². The van der Waals surface area contributed by atoms with E-state index in [-0.39, 0.29) is 11.5 Å². The normalized spacial score (nSPS) is 10.8. The fourth-order valence-corrected chi connectivity index (χ4v) is 3.42. The van der Waals surface area contributed by atoms with Gasteiger partial charge in [0, 0.05) is 17.1 Å². The fraction of sp³-hybridized carbons (Fsp3) is 0.125. The molecule has 4 N–H and O–H groups in total. The van der Waals surface area contributed by atoms with E-state index in [0.29, 0.717) is 21.1 Å². The average Bonchev–Trinajstić information content (AvgIpc) is 2.78. The smallest absolute Gasteiger partial charge is 0.267 e. The lowest BCUT2D eigenvalue weighted by Crippen LogP contribution is -2.11. The second-order valence-electron chi connectivity index (χ2n) is 5.19. The number of carbonyl (C=O) groups excluding carboxylic acids is 1. The van der Waals surface area contributed by atoms with Gasteiger partial charge < -0.3 is 16.0 Å². The van der Waals surface area contributed by atoms with Crippen molar-refractivity contribution in [1.82, 2.24) is 4.98 Å². The maximum Gasteiger partial charge on any atom is 0.267 e. The molecule has 1 amide bonds. The molecule has 1 aromatic carbocycles. The molecule has 3 aromatic rings. The number of nitrogens with two attached hydrogens (primary N) is 1. The third-order valence-electron chi connectivity index (χ3n) is 3.44. The van der Waals surface area contributed by atoms with E-state index in [0.717, 1.165) is 16.5 Å². The Bertz CT molecular complexity index is 923. The Morgan fingerprint density at radius 3 is 2.59 bits per heavy atom. The number of aromatic nitrogens is 1. The number of hydrogen-bond donors (Lipinski definition) is 3. The number of H-pyrrole nitrogens is 1. The SMILES string of the molecule is Cc1ccc(NC(=O)c2sc3[nH]c(=O)cc(C)c3c2N)cc1. The summed E-state index contributed by atoms with van der Waals surface area (Å²) < 4.78 is 0. The van der Waals surface area contributed by atoms with E-state index >= 15 is 0 Å². The molecular formula is C16H15N3O2S. The van der Waals surface area contributed by atoms with E-state index in [2.05, 4.69) is 10.3 Å². The van der Waals surface area contributed by atoms with Crippen LogP contribution in [0, 0.1) is 13.8 Å². The summed E-state index contributed by atoms with van der Waals surface area (Å²) in [5.41, 5.74) is 8.89. The van der Waals surface area contributed by atoms with E-state index in [4.69, 9.17) is 5.73 Å². The number of benzene rings is 1. The summed E-state index contributed by atoms with van der Waals surface area (Å²) in [6.45, 7) is 3.79. The van der Waals surface area contributed by atoms with Gasteiger partial charge in [0.15, 0.2) is 0 Å². The molecule has 0 spiro atoms. The zero-order valence-electron chi connectivity index (χ0n) is 12.2. The number of nitrogens with one attached hydrogen (secondary N) is 2. The van der Waals surface area contributed by atoms with Crippen LogP contribution in [-0.4, -0.2) is 10.9 Å². The van der Waals surface area contributed by atoms with Crippen LogP contribution in [0.15, 0.2) is 35.1 Å². The second-order valence-corrected chi connectivity index (χ2v) is 6.21. The number of aryl methyl sites for hydroxylation is 2. The quantitative estimate of drug-likeness (QED) is 0.679. The van der Waals surface area contributed by atoms with E-state index in [1.807, 2.05) is 38.1 Å². The minimum absolute atomic E-state index is 0.197. The summed E-state index contributed by atoms with van der Waals surface area (Å²) >= 11 is 1.19. The number of aromatic amines is 1. The molecule has 112 valence electrons. The Kier molecular flexibility index (Phi) is 3.46. The number of amides is 1. The lowest BCUT2D eigenvalue weighted by atomic mass is 10.1. The van der Waals surface area contributed by atoms with Gasteiger partial charge in [-0.1, -0.05) is 17.7 Å². The maximum atomic E-state index is 12.4. The summed E-state index contributed by atoms with van der Waals surface area (Å²) in [6, 6.07) is 9.00. The van der Waals surface area contributed by atoms with Crippen molar-refractivity contribution in [3.05, 3.63) is 56.7 Å². The summed E-state index contributed by atoms with van der Waals surface area (Å²) in [6.07, 6.45) is 0. The Hall–Kier alpha value is -2.60. The number of anilines is 2. The molecule has 0 unspecified atom stereocenters. The molecule has 22 heavy (non-hydrogen) atoms. The van der Waals surface area contributed by atoms with E-state index in [1.54, 1.807) is 0 Å². The summed E-state index contributed by atoms with van der Waals surface area (Å²) in [5.74, 6) is -0.275. The van der Waals surface area contributed by atoms with Gasteiger partial charge in [0.05, 0.1) is 5.69 Å². The van der Waals surface area contributed by atoms with Crippen LogP contribution in [0.3, 0.4) is 0 Å².